The molecule has 1 aromatic heterocycles. The fourth-order valence-corrected chi connectivity index (χ4v) is 3.11. The Morgan fingerprint density at radius 3 is 2.57 bits per heavy atom. The molecule has 0 fully saturated rings. The van der Waals surface area contributed by atoms with Crippen molar-refractivity contribution in [3.63, 3.8) is 0 Å². The minimum absolute atomic E-state index is 0.0305. The van der Waals surface area contributed by atoms with E-state index in [1.54, 1.807) is 0 Å². The predicted octanol–water partition coefficient (Wildman–Crippen LogP) is 5.16. The second-order valence-corrected chi connectivity index (χ2v) is 6.92. The van der Waals surface area contributed by atoms with Gasteiger partial charge in [0, 0.05) is 16.8 Å². The van der Waals surface area contributed by atoms with Crippen molar-refractivity contribution in [2.75, 3.05) is 0 Å². The number of aliphatic carboxylic acids is 1. The van der Waals surface area contributed by atoms with Crippen molar-refractivity contribution in [2.24, 2.45) is 5.92 Å². The van der Waals surface area contributed by atoms with Crippen LogP contribution in [0.1, 0.15) is 23.7 Å². The number of alkyl halides is 3. The number of carbonyl (C=O) groups is 1. The molecule has 0 aliphatic heterocycles. The first-order valence-electron chi connectivity index (χ1n) is 8.29. The minimum Gasteiger partial charge on any atom is -0.481 e. The van der Waals surface area contributed by atoms with E-state index in [1.165, 1.54) is 29.8 Å². The summed E-state index contributed by atoms with van der Waals surface area (Å²) in [5.41, 5.74) is 0.337. The van der Waals surface area contributed by atoms with Gasteiger partial charge in [-0.25, -0.2) is 4.39 Å². The van der Waals surface area contributed by atoms with Crippen molar-refractivity contribution in [1.29, 1.82) is 0 Å². The van der Waals surface area contributed by atoms with E-state index in [4.69, 9.17) is 16.7 Å². The zero-order valence-electron chi connectivity index (χ0n) is 14.6. The van der Waals surface area contributed by atoms with E-state index in [-0.39, 0.29) is 29.1 Å². The van der Waals surface area contributed by atoms with Gasteiger partial charge in [0.15, 0.2) is 0 Å². The molecule has 4 nitrogen and oxygen atoms in total. The smallest absolute Gasteiger partial charge is 0.416 e. The Bertz CT molecular complexity index is 1050. The molecule has 0 aliphatic carbocycles. The first kappa shape index (κ1) is 20.1. The summed E-state index contributed by atoms with van der Waals surface area (Å²) >= 11 is 6.04. The molecule has 148 valence electrons. The number of carboxylic acid groups (broad SMARTS) is 1. The summed E-state index contributed by atoms with van der Waals surface area (Å²) in [4.78, 5) is 11.2. The van der Waals surface area contributed by atoms with Crippen molar-refractivity contribution in [1.82, 2.24) is 9.78 Å². The van der Waals surface area contributed by atoms with Crippen LogP contribution in [-0.4, -0.2) is 20.9 Å². The summed E-state index contributed by atoms with van der Waals surface area (Å²) in [5, 5.41) is 13.8. The van der Waals surface area contributed by atoms with Gasteiger partial charge in [0.25, 0.3) is 0 Å². The van der Waals surface area contributed by atoms with Gasteiger partial charge < -0.3 is 5.11 Å². The zero-order valence-corrected chi connectivity index (χ0v) is 15.4. The molecule has 28 heavy (non-hydrogen) atoms. The molecule has 1 N–H and O–H groups in total. The molecule has 0 spiro atoms. The summed E-state index contributed by atoms with van der Waals surface area (Å²) in [6.07, 6.45) is -4.57. The number of carboxylic acids is 1. The second-order valence-electron chi connectivity index (χ2n) is 6.51. The van der Waals surface area contributed by atoms with Crippen molar-refractivity contribution >= 4 is 28.5 Å². The summed E-state index contributed by atoms with van der Waals surface area (Å²) in [6, 6.07) is 7.03. The van der Waals surface area contributed by atoms with Gasteiger partial charge in [0.2, 0.25) is 0 Å². The van der Waals surface area contributed by atoms with E-state index in [2.05, 4.69) is 5.10 Å². The Balaban J connectivity index is 2.10. The standard InChI is InChI=1S/C19H15ClF4N2O2/c1-10(18(27)28)6-16-14-7-12(19(22,23)24)3-5-17(14)26(25-16)9-11-2-4-13(21)8-15(11)20/h2-5,7-8,10H,6,9H2,1H3,(H,27,28). The molecule has 9 heteroatoms. The third kappa shape index (κ3) is 4.11. The Kier molecular flexibility index (Phi) is 5.34. The lowest BCUT2D eigenvalue weighted by molar-refractivity contribution is -0.141. The number of hydrogen-bond donors (Lipinski definition) is 1. The molecule has 0 saturated heterocycles. The van der Waals surface area contributed by atoms with Gasteiger partial charge in [-0.1, -0.05) is 24.6 Å². The summed E-state index contributed by atoms with van der Waals surface area (Å²) in [5.74, 6) is -2.41. The SMILES string of the molecule is CC(Cc1nn(Cc2ccc(F)cc2Cl)c2ccc(C(F)(F)F)cc12)C(=O)O. The average molecular weight is 415 g/mol. The van der Waals surface area contributed by atoms with Crippen LogP contribution in [0.25, 0.3) is 10.9 Å². The van der Waals surface area contributed by atoms with Crippen LogP contribution < -0.4 is 0 Å². The molecule has 1 heterocycles. The van der Waals surface area contributed by atoms with Crippen LogP contribution in [-0.2, 0) is 23.9 Å². The van der Waals surface area contributed by atoms with E-state index in [9.17, 15) is 22.4 Å². The largest absolute Gasteiger partial charge is 0.481 e. The molecule has 0 amide bonds. The van der Waals surface area contributed by atoms with Crippen LogP contribution in [0, 0.1) is 11.7 Å². The molecule has 0 saturated carbocycles. The zero-order chi connectivity index (χ0) is 20.6. The molecule has 0 radical (unpaired) electrons. The lowest BCUT2D eigenvalue weighted by Crippen LogP contribution is -2.13. The van der Waals surface area contributed by atoms with Gasteiger partial charge in [0.05, 0.1) is 29.2 Å². The van der Waals surface area contributed by atoms with Gasteiger partial charge in [-0.3, -0.25) is 9.48 Å². The quantitative estimate of drug-likeness (QED) is 0.587. The fourth-order valence-electron chi connectivity index (χ4n) is 2.88. The van der Waals surface area contributed by atoms with E-state index < -0.39 is 29.4 Å². The third-order valence-electron chi connectivity index (χ3n) is 4.41. The van der Waals surface area contributed by atoms with Gasteiger partial charge in [-0.2, -0.15) is 18.3 Å². The van der Waals surface area contributed by atoms with Crippen molar-refractivity contribution in [3.8, 4) is 0 Å². The van der Waals surface area contributed by atoms with E-state index >= 15 is 0 Å². The van der Waals surface area contributed by atoms with Crippen molar-refractivity contribution in [2.45, 2.75) is 26.1 Å². The molecule has 3 rings (SSSR count). The Labute approximate surface area is 162 Å². The Hall–Kier alpha value is -2.61. The van der Waals surface area contributed by atoms with Crippen molar-refractivity contribution < 1.29 is 27.5 Å². The second kappa shape index (κ2) is 7.43. The third-order valence-corrected chi connectivity index (χ3v) is 4.76. The van der Waals surface area contributed by atoms with Crippen LogP contribution in [0.15, 0.2) is 36.4 Å². The summed E-state index contributed by atoms with van der Waals surface area (Å²) < 4.78 is 54.0. The van der Waals surface area contributed by atoms with Gasteiger partial charge in [-0.15, -0.1) is 0 Å². The maximum Gasteiger partial charge on any atom is 0.416 e. The number of nitrogens with zero attached hydrogens (tertiary/aromatic N) is 2. The molecule has 0 bridgehead atoms. The molecule has 1 unspecified atom stereocenters. The minimum atomic E-state index is -4.54. The van der Waals surface area contributed by atoms with Crippen LogP contribution in [0.3, 0.4) is 0 Å². The first-order valence-corrected chi connectivity index (χ1v) is 8.67. The number of fused-ring (bicyclic) bond motifs is 1. The molecule has 2 aromatic carbocycles. The van der Waals surface area contributed by atoms with E-state index in [0.29, 0.717) is 11.1 Å². The maximum absolute atomic E-state index is 13.2. The number of aromatic nitrogens is 2. The Morgan fingerprint density at radius 1 is 1.25 bits per heavy atom. The van der Waals surface area contributed by atoms with Crippen molar-refractivity contribution in [3.05, 3.63) is 64.1 Å². The number of hydrogen-bond acceptors (Lipinski definition) is 2. The monoisotopic (exact) mass is 414 g/mol. The number of halogens is 5. The van der Waals surface area contributed by atoms with E-state index in [1.807, 2.05) is 0 Å². The highest BCUT2D eigenvalue weighted by Crippen LogP contribution is 2.33. The topological polar surface area (TPSA) is 55.1 Å². The van der Waals surface area contributed by atoms with Gasteiger partial charge >= 0.3 is 12.1 Å². The summed E-state index contributed by atoms with van der Waals surface area (Å²) in [6.45, 7) is 1.56. The molecular formula is C19H15ClF4N2O2. The van der Waals surface area contributed by atoms with Crippen LogP contribution in [0.4, 0.5) is 17.6 Å². The molecule has 1 atom stereocenters. The maximum atomic E-state index is 13.2. The van der Waals surface area contributed by atoms with Crippen LogP contribution in [0.5, 0.6) is 0 Å². The number of benzene rings is 2. The average Bonchev–Trinajstić information content (AvgIpc) is 2.93. The molecule has 3 aromatic rings. The lowest BCUT2D eigenvalue weighted by Gasteiger charge is -2.08. The highest BCUT2D eigenvalue weighted by Gasteiger charge is 2.31. The first-order chi connectivity index (χ1) is 13.1. The summed E-state index contributed by atoms with van der Waals surface area (Å²) in [7, 11) is 0. The van der Waals surface area contributed by atoms with Crippen LogP contribution in [0.2, 0.25) is 5.02 Å². The van der Waals surface area contributed by atoms with Crippen LogP contribution >= 0.6 is 11.6 Å². The highest BCUT2D eigenvalue weighted by atomic mass is 35.5. The van der Waals surface area contributed by atoms with Gasteiger partial charge in [0.1, 0.15) is 5.82 Å². The Morgan fingerprint density at radius 2 is 1.96 bits per heavy atom. The molecular weight excluding hydrogens is 400 g/mol. The lowest BCUT2D eigenvalue weighted by atomic mass is 10.0. The van der Waals surface area contributed by atoms with Gasteiger partial charge in [-0.05, 0) is 35.9 Å². The highest BCUT2D eigenvalue weighted by molar-refractivity contribution is 6.31. The number of rotatable bonds is 5. The predicted molar refractivity (Wildman–Crippen MR) is 95.8 cm³/mol. The fraction of sp³-hybridized carbons (Fsp3) is 0.263. The molecule has 0 aliphatic rings. The van der Waals surface area contributed by atoms with E-state index in [0.717, 1.165) is 18.2 Å². The normalized spacial score (nSPS) is 13.1.